The molecule has 0 aliphatic carbocycles. The van der Waals surface area contributed by atoms with E-state index in [9.17, 15) is 4.79 Å². The molecule has 0 saturated carbocycles. The van der Waals surface area contributed by atoms with Crippen LogP contribution >= 0.6 is 0 Å². The van der Waals surface area contributed by atoms with Gasteiger partial charge in [-0.05, 0) is 42.5 Å². The molecule has 3 rings (SSSR count). The van der Waals surface area contributed by atoms with Gasteiger partial charge in [-0.2, -0.15) is 0 Å². The summed E-state index contributed by atoms with van der Waals surface area (Å²) in [4.78, 5) is 12.2. The van der Waals surface area contributed by atoms with Gasteiger partial charge in [0.25, 0.3) is 0 Å². The van der Waals surface area contributed by atoms with Crippen LogP contribution in [-0.2, 0) is 7.05 Å². The molecule has 1 aromatic heterocycles. The molecule has 1 heterocycles. The quantitative estimate of drug-likeness (QED) is 0.535. The van der Waals surface area contributed by atoms with Gasteiger partial charge in [-0.25, -0.2) is 0 Å². The number of carbonyl (C=O) groups excluding carboxylic acids is 1. The first kappa shape index (κ1) is 14.1. The van der Waals surface area contributed by atoms with E-state index in [2.05, 4.69) is 16.7 Å². The Hall–Kier alpha value is -2.81. The van der Waals surface area contributed by atoms with Crippen molar-refractivity contribution < 1.29 is 9.53 Å². The molecule has 3 aromatic rings. The maximum absolute atomic E-state index is 12.2. The zero-order chi connectivity index (χ0) is 15.5. The topological polar surface area (TPSA) is 31.2 Å². The molecule has 0 saturated heterocycles. The van der Waals surface area contributed by atoms with Crippen LogP contribution in [0.25, 0.3) is 17.0 Å². The molecule has 0 radical (unpaired) electrons. The van der Waals surface area contributed by atoms with Crippen molar-refractivity contribution in [3.63, 3.8) is 0 Å². The number of para-hydroxylation sites is 1. The second-order valence-electron chi connectivity index (χ2n) is 5.14. The summed E-state index contributed by atoms with van der Waals surface area (Å²) in [5, 5.41) is 1.14. The van der Waals surface area contributed by atoms with Crippen molar-refractivity contribution in [3.8, 4) is 5.75 Å². The van der Waals surface area contributed by atoms with Crippen molar-refractivity contribution in [2.45, 2.75) is 0 Å². The largest absolute Gasteiger partial charge is 0.497 e. The first-order chi connectivity index (χ1) is 10.7. The molecule has 22 heavy (non-hydrogen) atoms. The van der Waals surface area contributed by atoms with Gasteiger partial charge in [0.15, 0.2) is 5.78 Å². The summed E-state index contributed by atoms with van der Waals surface area (Å²) in [5.74, 6) is 0.727. The predicted octanol–water partition coefficient (Wildman–Crippen LogP) is 4.08. The van der Waals surface area contributed by atoms with Gasteiger partial charge < -0.3 is 9.30 Å². The first-order valence-electron chi connectivity index (χ1n) is 7.09. The summed E-state index contributed by atoms with van der Waals surface area (Å²) in [6.07, 6.45) is 5.51. The molecule has 3 heteroatoms. The molecule has 0 aliphatic heterocycles. The number of ether oxygens (including phenoxy) is 1. The maximum Gasteiger partial charge on any atom is 0.185 e. The summed E-state index contributed by atoms with van der Waals surface area (Å²) < 4.78 is 7.16. The van der Waals surface area contributed by atoms with E-state index >= 15 is 0 Å². The lowest BCUT2D eigenvalue weighted by Gasteiger charge is -2.00. The Morgan fingerprint density at radius 2 is 1.82 bits per heavy atom. The van der Waals surface area contributed by atoms with E-state index in [-0.39, 0.29) is 5.78 Å². The van der Waals surface area contributed by atoms with Crippen molar-refractivity contribution in [2.75, 3.05) is 7.11 Å². The highest BCUT2D eigenvalue weighted by molar-refractivity contribution is 6.07. The van der Waals surface area contributed by atoms with Gasteiger partial charge in [0, 0.05) is 35.3 Å². The third-order valence-electron chi connectivity index (χ3n) is 3.72. The third-order valence-corrected chi connectivity index (χ3v) is 3.72. The fourth-order valence-electron chi connectivity index (χ4n) is 2.52. The van der Waals surface area contributed by atoms with E-state index in [1.807, 2.05) is 31.5 Å². The Labute approximate surface area is 129 Å². The van der Waals surface area contributed by atoms with Crippen LogP contribution in [0.5, 0.6) is 5.75 Å². The van der Waals surface area contributed by atoms with Gasteiger partial charge in [0.1, 0.15) is 5.75 Å². The minimum Gasteiger partial charge on any atom is -0.497 e. The van der Waals surface area contributed by atoms with Crippen LogP contribution in [0.3, 0.4) is 0 Å². The van der Waals surface area contributed by atoms with Gasteiger partial charge in [0.2, 0.25) is 0 Å². The number of fused-ring (bicyclic) bond motifs is 1. The van der Waals surface area contributed by atoms with E-state index in [4.69, 9.17) is 4.74 Å². The van der Waals surface area contributed by atoms with E-state index in [0.29, 0.717) is 5.56 Å². The van der Waals surface area contributed by atoms with E-state index in [0.717, 1.165) is 22.2 Å². The van der Waals surface area contributed by atoms with Crippen LogP contribution < -0.4 is 4.74 Å². The lowest BCUT2D eigenvalue weighted by molar-refractivity contribution is 0.104. The smallest absolute Gasteiger partial charge is 0.185 e. The number of hydrogen-bond acceptors (Lipinski definition) is 2. The van der Waals surface area contributed by atoms with Crippen LogP contribution in [0.4, 0.5) is 0 Å². The highest BCUT2D eigenvalue weighted by Gasteiger charge is 2.05. The standard InChI is InChI=1S/C19H17NO2/c1-20-13-15(17-5-3-4-6-18(17)20)9-12-19(21)14-7-10-16(22-2)11-8-14/h3-13H,1-2H3/b12-9-. The van der Waals surface area contributed by atoms with Gasteiger partial charge in [-0.15, -0.1) is 0 Å². The number of rotatable bonds is 4. The number of ketones is 1. The number of aryl methyl sites for hydroxylation is 1. The highest BCUT2D eigenvalue weighted by atomic mass is 16.5. The average molecular weight is 291 g/mol. The Morgan fingerprint density at radius 3 is 2.55 bits per heavy atom. The number of benzene rings is 2. The maximum atomic E-state index is 12.2. The molecular formula is C19H17NO2. The molecule has 0 aliphatic rings. The normalized spacial score (nSPS) is 11.2. The monoisotopic (exact) mass is 291 g/mol. The summed E-state index contributed by atoms with van der Waals surface area (Å²) in [7, 11) is 3.61. The zero-order valence-corrected chi connectivity index (χ0v) is 12.6. The lowest BCUT2D eigenvalue weighted by atomic mass is 10.1. The predicted molar refractivity (Wildman–Crippen MR) is 89.3 cm³/mol. The van der Waals surface area contributed by atoms with Crippen molar-refractivity contribution in [2.24, 2.45) is 7.05 Å². The van der Waals surface area contributed by atoms with E-state index < -0.39 is 0 Å². The number of hydrogen-bond donors (Lipinski definition) is 0. The van der Waals surface area contributed by atoms with Gasteiger partial charge in [0.05, 0.1) is 7.11 Å². The van der Waals surface area contributed by atoms with Crippen LogP contribution in [0.1, 0.15) is 15.9 Å². The lowest BCUT2D eigenvalue weighted by Crippen LogP contribution is -1.94. The van der Waals surface area contributed by atoms with E-state index in [1.54, 1.807) is 37.5 Å². The SMILES string of the molecule is COc1ccc(C(=O)/C=C\c2cn(C)c3ccccc23)cc1. The second kappa shape index (κ2) is 5.90. The summed E-state index contributed by atoms with van der Waals surface area (Å²) in [5.41, 5.74) is 2.84. The number of nitrogens with zero attached hydrogens (tertiary/aromatic N) is 1. The number of methoxy groups -OCH3 is 1. The van der Waals surface area contributed by atoms with Crippen LogP contribution in [-0.4, -0.2) is 17.5 Å². The third kappa shape index (κ3) is 2.66. The van der Waals surface area contributed by atoms with Crippen molar-refractivity contribution >= 4 is 22.8 Å². The number of aromatic nitrogens is 1. The van der Waals surface area contributed by atoms with Crippen LogP contribution in [0.15, 0.2) is 60.8 Å². The minimum atomic E-state index is -0.0180. The van der Waals surface area contributed by atoms with E-state index in [1.165, 1.54) is 0 Å². The summed E-state index contributed by atoms with van der Waals surface area (Å²) in [6, 6.07) is 15.3. The Bertz CT molecular complexity index is 842. The molecule has 0 bridgehead atoms. The van der Waals surface area contributed by atoms with Crippen molar-refractivity contribution in [1.82, 2.24) is 4.57 Å². The van der Waals surface area contributed by atoms with Crippen LogP contribution in [0, 0.1) is 0 Å². The summed E-state index contributed by atoms with van der Waals surface area (Å²) in [6.45, 7) is 0. The molecule has 110 valence electrons. The molecule has 0 N–H and O–H groups in total. The molecular weight excluding hydrogens is 274 g/mol. The fourth-order valence-corrected chi connectivity index (χ4v) is 2.52. The van der Waals surface area contributed by atoms with Crippen LogP contribution in [0.2, 0.25) is 0 Å². The fraction of sp³-hybridized carbons (Fsp3) is 0.105. The zero-order valence-electron chi connectivity index (χ0n) is 12.6. The Morgan fingerprint density at radius 1 is 1.09 bits per heavy atom. The Balaban J connectivity index is 1.87. The average Bonchev–Trinajstić information content (AvgIpc) is 2.89. The molecule has 3 nitrogen and oxygen atoms in total. The van der Waals surface area contributed by atoms with Gasteiger partial charge in [-0.3, -0.25) is 4.79 Å². The highest BCUT2D eigenvalue weighted by Crippen LogP contribution is 2.21. The van der Waals surface area contributed by atoms with Crippen molar-refractivity contribution in [1.29, 1.82) is 0 Å². The molecule has 0 spiro atoms. The minimum absolute atomic E-state index is 0.0180. The molecule has 0 unspecified atom stereocenters. The molecule has 0 fully saturated rings. The molecule has 0 amide bonds. The second-order valence-corrected chi connectivity index (χ2v) is 5.14. The molecule has 2 aromatic carbocycles. The Kier molecular flexibility index (Phi) is 3.79. The van der Waals surface area contributed by atoms with Crippen molar-refractivity contribution in [3.05, 3.63) is 71.9 Å². The molecule has 0 atom stereocenters. The van der Waals surface area contributed by atoms with Gasteiger partial charge in [-0.1, -0.05) is 18.2 Å². The van der Waals surface area contributed by atoms with Gasteiger partial charge >= 0.3 is 0 Å². The first-order valence-corrected chi connectivity index (χ1v) is 7.09. The summed E-state index contributed by atoms with van der Waals surface area (Å²) >= 11 is 0. The number of carbonyl (C=O) groups is 1. The number of allylic oxidation sites excluding steroid dienone is 1.